The van der Waals surface area contributed by atoms with Crippen molar-refractivity contribution in [2.45, 2.75) is 31.7 Å². The second-order valence-electron chi connectivity index (χ2n) is 11.3. The average Bonchev–Trinajstić information content (AvgIpc) is 3.40. The minimum atomic E-state index is 0.393. The van der Waals surface area contributed by atoms with E-state index in [0.29, 0.717) is 5.92 Å². The molecule has 2 aliphatic rings. The lowest BCUT2D eigenvalue weighted by Crippen LogP contribution is -2.36. The quantitative estimate of drug-likeness (QED) is 0.222. The van der Waals surface area contributed by atoms with Crippen molar-refractivity contribution in [3.63, 3.8) is 0 Å². The van der Waals surface area contributed by atoms with E-state index in [1.165, 1.54) is 67.7 Å². The highest BCUT2D eigenvalue weighted by molar-refractivity contribution is 6.08. The maximum absolute atomic E-state index is 5.50. The Morgan fingerprint density at radius 2 is 1.59 bits per heavy atom. The molecule has 1 atom stereocenters. The third-order valence-electron chi connectivity index (χ3n) is 8.76. The predicted octanol–water partition coefficient (Wildman–Crippen LogP) is 7.26. The normalized spacial score (nSPS) is 17.3. The maximum Gasteiger partial charge on any atom is 0.0702 e. The largest absolute Gasteiger partial charge is 0.379 e. The molecule has 6 aromatic rings. The van der Waals surface area contributed by atoms with E-state index in [1.807, 2.05) is 30.6 Å². The van der Waals surface area contributed by atoms with Crippen molar-refractivity contribution in [1.29, 1.82) is 0 Å². The number of benzene rings is 4. The van der Waals surface area contributed by atoms with Crippen LogP contribution in [0.3, 0.4) is 0 Å². The molecule has 0 bridgehead atoms. The van der Waals surface area contributed by atoms with Crippen molar-refractivity contribution in [1.82, 2.24) is 19.7 Å². The van der Waals surface area contributed by atoms with Gasteiger partial charge in [-0.1, -0.05) is 72.8 Å². The lowest BCUT2D eigenvalue weighted by Gasteiger charge is -2.26. The van der Waals surface area contributed by atoms with Gasteiger partial charge in [0.2, 0.25) is 0 Å². The lowest BCUT2D eigenvalue weighted by atomic mass is 9.78. The van der Waals surface area contributed by atoms with E-state index in [-0.39, 0.29) is 0 Å². The van der Waals surface area contributed by atoms with Crippen LogP contribution in [-0.2, 0) is 24.8 Å². The maximum atomic E-state index is 5.50. The molecule has 0 saturated carbocycles. The van der Waals surface area contributed by atoms with Gasteiger partial charge in [-0.3, -0.25) is 14.6 Å². The smallest absolute Gasteiger partial charge is 0.0702 e. The van der Waals surface area contributed by atoms with Crippen LogP contribution in [0.1, 0.15) is 41.3 Å². The number of rotatable bonds is 3. The number of fused-ring (bicyclic) bond motifs is 6. The number of ether oxygens (including phenoxy) is 1. The van der Waals surface area contributed by atoms with Gasteiger partial charge in [-0.2, -0.15) is 5.10 Å². The van der Waals surface area contributed by atoms with Gasteiger partial charge in [-0.25, -0.2) is 0 Å². The number of hydrogen-bond acceptors (Lipinski definition) is 4. The summed E-state index contributed by atoms with van der Waals surface area (Å²) < 4.78 is 7.60. The lowest BCUT2D eigenvalue weighted by molar-refractivity contribution is 0.0331. The molecule has 0 N–H and O–H groups in total. The minimum Gasteiger partial charge on any atom is -0.379 e. The molecule has 0 radical (unpaired) electrons. The Bertz CT molecular complexity index is 1750. The van der Waals surface area contributed by atoms with Crippen LogP contribution in [0.2, 0.25) is 0 Å². The fourth-order valence-corrected chi connectivity index (χ4v) is 6.58. The number of aryl methyl sites for hydroxylation is 2. The zero-order chi connectivity index (χ0) is 27.6. The molecule has 1 fully saturated rings. The predicted molar refractivity (Wildman–Crippen MR) is 167 cm³/mol. The van der Waals surface area contributed by atoms with Gasteiger partial charge in [-0.15, -0.1) is 0 Å². The summed E-state index contributed by atoms with van der Waals surface area (Å²) in [5, 5.41) is 12.9. The number of morpholine rings is 1. The second kappa shape index (κ2) is 11.4. The van der Waals surface area contributed by atoms with Gasteiger partial charge < -0.3 is 4.74 Å². The van der Waals surface area contributed by atoms with E-state index in [4.69, 9.17) is 9.84 Å². The van der Waals surface area contributed by atoms with Crippen LogP contribution in [0.4, 0.5) is 0 Å². The van der Waals surface area contributed by atoms with E-state index < -0.39 is 0 Å². The molecule has 1 aliphatic heterocycles. The molecule has 41 heavy (non-hydrogen) atoms. The first kappa shape index (κ1) is 25.9. The SMILES string of the molecule is Cn1nc(C2CCCc3c2ccc2c3ccc3ccccc32)cc1CN1CCOCC1.c1ccc2cnccc2c1. The summed E-state index contributed by atoms with van der Waals surface area (Å²) in [5.74, 6) is 0.393. The molecule has 0 spiro atoms. The van der Waals surface area contributed by atoms with E-state index in [2.05, 4.69) is 88.3 Å². The summed E-state index contributed by atoms with van der Waals surface area (Å²) in [4.78, 5) is 6.48. The van der Waals surface area contributed by atoms with Gasteiger partial charge in [0.05, 0.1) is 24.6 Å². The summed E-state index contributed by atoms with van der Waals surface area (Å²) >= 11 is 0. The topological polar surface area (TPSA) is 43.2 Å². The molecule has 2 aromatic heterocycles. The van der Waals surface area contributed by atoms with Crippen molar-refractivity contribution in [3.8, 4) is 0 Å². The number of pyridine rings is 1. The first-order chi connectivity index (χ1) is 20.2. The number of aromatic nitrogens is 3. The number of nitrogens with zero attached hydrogens (tertiary/aromatic N) is 4. The molecule has 0 amide bonds. The Labute approximate surface area is 241 Å². The average molecular weight is 541 g/mol. The van der Waals surface area contributed by atoms with Gasteiger partial charge in [0.1, 0.15) is 0 Å². The molecule has 206 valence electrons. The minimum absolute atomic E-state index is 0.393. The van der Waals surface area contributed by atoms with Gasteiger partial charge >= 0.3 is 0 Å². The summed E-state index contributed by atoms with van der Waals surface area (Å²) in [6.45, 7) is 4.64. The fraction of sp³-hybridized carbons (Fsp3) is 0.278. The van der Waals surface area contributed by atoms with Crippen LogP contribution in [0, 0.1) is 0 Å². The van der Waals surface area contributed by atoms with Crippen LogP contribution in [0.15, 0.2) is 97.3 Å². The van der Waals surface area contributed by atoms with Crippen molar-refractivity contribution in [2.24, 2.45) is 7.05 Å². The molecule has 1 aliphatic carbocycles. The highest BCUT2D eigenvalue weighted by atomic mass is 16.5. The van der Waals surface area contributed by atoms with Crippen LogP contribution >= 0.6 is 0 Å². The monoisotopic (exact) mass is 540 g/mol. The van der Waals surface area contributed by atoms with Gasteiger partial charge in [0.25, 0.3) is 0 Å². The number of hydrogen-bond donors (Lipinski definition) is 0. The Hall–Kier alpha value is -4.06. The fourth-order valence-electron chi connectivity index (χ4n) is 6.58. The zero-order valence-electron chi connectivity index (χ0n) is 23.7. The zero-order valence-corrected chi connectivity index (χ0v) is 23.7. The Kier molecular flexibility index (Phi) is 7.22. The first-order valence-corrected chi connectivity index (χ1v) is 14.8. The second-order valence-corrected chi connectivity index (χ2v) is 11.3. The summed E-state index contributed by atoms with van der Waals surface area (Å²) in [6, 6.07) is 30.6. The molecule has 4 aromatic carbocycles. The van der Waals surface area contributed by atoms with E-state index >= 15 is 0 Å². The molecule has 1 saturated heterocycles. The van der Waals surface area contributed by atoms with Crippen molar-refractivity contribution < 1.29 is 4.74 Å². The van der Waals surface area contributed by atoms with E-state index in [1.54, 1.807) is 0 Å². The third-order valence-corrected chi connectivity index (χ3v) is 8.76. The van der Waals surface area contributed by atoms with Crippen molar-refractivity contribution >= 4 is 32.3 Å². The van der Waals surface area contributed by atoms with Gasteiger partial charge in [-0.05, 0) is 74.8 Å². The standard InChI is InChI=1S/C27H29N3O.C9H7N/c1-29-20(18-30-13-15-31-16-14-30)17-27(28-29)26-8-4-7-22-24-10-9-19-5-2-3-6-21(19)23(24)11-12-25(22)26;1-2-4-9-7-10-6-5-8(9)3-1/h2-3,5-6,9-12,17,26H,4,7-8,13-16,18H2,1H3;1-7H. The summed E-state index contributed by atoms with van der Waals surface area (Å²) in [6.07, 6.45) is 7.24. The molecule has 3 heterocycles. The van der Waals surface area contributed by atoms with Crippen molar-refractivity contribution in [2.75, 3.05) is 26.3 Å². The Morgan fingerprint density at radius 1 is 0.805 bits per heavy atom. The van der Waals surface area contributed by atoms with Crippen LogP contribution in [0.25, 0.3) is 32.3 Å². The first-order valence-electron chi connectivity index (χ1n) is 14.8. The van der Waals surface area contributed by atoms with Gasteiger partial charge in [0.15, 0.2) is 0 Å². The van der Waals surface area contributed by atoms with E-state index in [9.17, 15) is 0 Å². The highest BCUT2D eigenvalue weighted by Gasteiger charge is 2.26. The van der Waals surface area contributed by atoms with Crippen LogP contribution in [-0.4, -0.2) is 46.0 Å². The Morgan fingerprint density at radius 3 is 2.44 bits per heavy atom. The van der Waals surface area contributed by atoms with Crippen molar-refractivity contribution in [3.05, 3.63) is 120 Å². The third kappa shape index (κ3) is 5.23. The van der Waals surface area contributed by atoms with E-state index in [0.717, 1.165) is 39.3 Å². The molecule has 1 unspecified atom stereocenters. The summed E-state index contributed by atoms with van der Waals surface area (Å²) in [5.41, 5.74) is 5.53. The molecule has 5 heteroatoms. The molecular weight excluding hydrogens is 504 g/mol. The molecule has 8 rings (SSSR count). The highest BCUT2D eigenvalue weighted by Crippen LogP contribution is 2.41. The van der Waals surface area contributed by atoms with Crippen LogP contribution < -0.4 is 0 Å². The molecular formula is C36H36N4O. The Balaban J connectivity index is 0.000000232. The van der Waals surface area contributed by atoms with Crippen LogP contribution in [0.5, 0.6) is 0 Å². The van der Waals surface area contributed by atoms with Gasteiger partial charge in [0, 0.05) is 45.0 Å². The summed E-state index contributed by atoms with van der Waals surface area (Å²) in [7, 11) is 2.09. The molecule has 5 nitrogen and oxygen atoms in total.